The number of rotatable bonds is 1. The predicted octanol–water partition coefficient (Wildman–Crippen LogP) is 0.240. The number of piperidine rings is 1. The lowest BCUT2D eigenvalue weighted by Crippen LogP contribution is -2.53. The quantitative estimate of drug-likeness (QED) is 0.654. The summed E-state index contributed by atoms with van der Waals surface area (Å²) in [5.41, 5.74) is 5.76. The van der Waals surface area contributed by atoms with Crippen LogP contribution in [0.4, 0.5) is 0 Å². The van der Waals surface area contributed by atoms with E-state index in [0.29, 0.717) is 6.04 Å². The highest BCUT2D eigenvalue weighted by Gasteiger charge is 2.32. The zero-order valence-electron chi connectivity index (χ0n) is 9.06. The molecule has 15 heavy (non-hydrogen) atoms. The van der Waals surface area contributed by atoms with Crippen molar-refractivity contribution < 1.29 is 9.90 Å². The number of hydrogen-bond acceptors (Lipinski definition) is 3. The predicted molar refractivity (Wildman–Crippen MR) is 57.2 cm³/mol. The monoisotopic (exact) mass is 212 g/mol. The van der Waals surface area contributed by atoms with Crippen molar-refractivity contribution in [3.05, 3.63) is 0 Å². The van der Waals surface area contributed by atoms with Gasteiger partial charge in [-0.3, -0.25) is 4.79 Å². The van der Waals surface area contributed by atoms with Gasteiger partial charge < -0.3 is 15.7 Å². The van der Waals surface area contributed by atoms with Gasteiger partial charge in [0.1, 0.15) is 0 Å². The molecular weight excluding hydrogens is 192 g/mol. The smallest absolute Gasteiger partial charge is 0.239 e. The van der Waals surface area contributed by atoms with Gasteiger partial charge in [-0.1, -0.05) is 0 Å². The highest BCUT2D eigenvalue weighted by Crippen LogP contribution is 2.25. The molecule has 1 saturated carbocycles. The van der Waals surface area contributed by atoms with Crippen LogP contribution < -0.4 is 5.73 Å². The van der Waals surface area contributed by atoms with Gasteiger partial charge in [0, 0.05) is 12.6 Å². The summed E-state index contributed by atoms with van der Waals surface area (Å²) in [5, 5.41) is 9.42. The van der Waals surface area contributed by atoms with Crippen LogP contribution in [0, 0.1) is 0 Å². The summed E-state index contributed by atoms with van der Waals surface area (Å²) in [5.74, 6) is 0.114. The molecular formula is C11H20N2O2. The summed E-state index contributed by atoms with van der Waals surface area (Å²) < 4.78 is 0. The van der Waals surface area contributed by atoms with Crippen molar-refractivity contribution in [3.8, 4) is 0 Å². The van der Waals surface area contributed by atoms with E-state index in [4.69, 9.17) is 5.73 Å². The normalized spacial score (nSPS) is 38.1. The van der Waals surface area contributed by atoms with E-state index in [1.165, 1.54) is 0 Å². The molecule has 0 bridgehead atoms. The maximum Gasteiger partial charge on any atom is 0.239 e. The number of hydrogen-bond donors (Lipinski definition) is 2. The van der Waals surface area contributed by atoms with Gasteiger partial charge in [-0.05, 0) is 38.5 Å². The molecule has 3 N–H and O–H groups in total. The van der Waals surface area contributed by atoms with Crippen molar-refractivity contribution in [2.45, 2.75) is 56.7 Å². The third kappa shape index (κ3) is 2.32. The summed E-state index contributed by atoms with van der Waals surface area (Å²) in [7, 11) is 0. The second-order valence-corrected chi connectivity index (χ2v) is 4.74. The van der Waals surface area contributed by atoms with E-state index in [-0.39, 0.29) is 18.1 Å². The van der Waals surface area contributed by atoms with Gasteiger partial charge in [0.2, 0.25) is 5.91 Å². The maximum atomic E-state index is 11.8. The second kappa shape index (κ2) is 4.49. The number of amides is 1. The van der Waals surface area contributed by atoms with E-state index < -0.39 is 0 Å². The first kappa shape index (κ1) is 10.9. The molecule has 4 heteroatoms. The number of nitrogens with zero attached hydrogens (tertiary/aromatic N) is 1. The minimum absolute atomic E-state index is 0.114. The van der Waals surface area contributed by atoms with Gasteiger partial charge in [0.05, 0.1) is 12.1 Å². The van der Waals surface area contributed by atoms with Crippen molar-refractivity contribution in [1.29, 1.82) is 0 Å². The Morgan fingerprint density at radius 2 is 1.87 bits per heavy atom. The lowest BCUT2D eigenvalue weighted by Gasteiger charge is -2.39. The second-order valence-electron chi connectivity index (χ2n) is 4.74. The van der Waals surface area contributed by atoms with Crippen LogP contribution in [0.5, 0.6) is 0 Å². The van der Waals surface area contributed by atoms with Crippen LogP contribution in [0.3, 0.4) is 0 Å². The van der Waals surface area contributed by atoms with Crippen LogP contribution in [0.25, 0.3) is 0 Å². The Balaban J connectivity index is 1.94. The van der Waals surface area contributed by atoms with Crippen molar-refractivity contribution in [3.63, 3.8) is 0 Å². The average Bonchev–Trinajstić information content (AvgIpc) is 2.24. The highest BCUT2D eigenvalue weighted by molar-refractivity contribution is 5.82. The molecule has 0 radical (unpaired) electrons. The maximum absolute atomic E-state index is 11.8. The van der Waals surface area contributed by atoms with Crippen LogP contribution in [0.15, 0.2) is 0 Å². The highest BCUT2D eigenvalue weighted by atomic mass is 16.3. The topological polar surface area (TPSA) is 66.6 Å². The zero-order chi connectivity index (χ0) is 10.8. The molecule has 2 aliphatic rings. The van der Waals surface area contributed by atoms with E-state index in [1.54, 1.807) is 0 Å². The molecule has 1 amide bonds. The third-order valence-corrected chi connectivity index (χ3v) is 3.62. The Morgan fingerprint density at radius 1 is 1.20 bits per heavy atom. The van der Waals surface area contributed by atoms with Gasteiger partial charge in [0.25, 0.3) is 0 Å². The Labute approximate surface area is 90.4 Å². The molecule has 1 unspecified atom stereocenters. The Bertz CT molecular complexity index is 237. The fourth-order valence-electron chi connectivity index (χ4n) is 2.66. The van der Waals surface area contributed by atoms with Crippen molar-refractivity contribution in [2.75, 3.05) is 6.54 Å². The van der Waals surface area contributed by atoms with Crippen LogP contribution >= 0.6 is 0 Å². The van der Waals surface area contributed by atoms with Crippen LogP contribution in [0.2, 0.25) is 0 Å². The molecule has 0 spiro atoms. The van der Waals surface area contributed by atoms with Crippen LogP contribution in [-0.4, -0.2) is 40.6 Å². The largest absolute Gasteiger partial charge is 0.393 e. The van der Waals surface area contributed by atoms with E-state index in [9.17, 15) is 9.90 Å². The SMILES string of the molecule is NC1CCCN(C2CCC(O)CC2)C1=O. The van der Waals surface area contributed by atoms with Crippen LogP contribution in [0.1, 0.15) is 38.5 Å². The molecule has 1 aliphatic carbocycles. The fourth-order valence-corrected chi connectivity index (χ4v) is 2.66. The molecule has 2 fully saturated rings. The molecule has 0 aromatic carbocycles. The average molecular weight is 212 g/mol. The third-order valence-electron chi connectivity index (χ3n) is 3.62. The Kier molecular flexibility index (Phi) is 3.26. The minimum Gasteiger partial charge on any atom is -0.393 e. The summed E-state index contributed by atoms with van der Waals surface area (Å²) in [4.78, 5) is 13.8. The molecule has 86 valence electrons. The number of aliphatic hydroxyl groups is 1. The van der Waals surface area contributed by atoms with E-state index in [1.807, 2.05) is 4.90 Å². The van der Waals surface area contributed by atoms with Gasteiger partial charge in [0.15, 0.2) is 0 Å². The summed E-state index contributed by atoms with van der Waals surface area (Å²) in [6.07, 6.45) is 5.19. The molecule has 0 aromatic rings. The molecule has 4 nitrogen and oxygen atoms in total. The molecule has 1 atom stereocenters. The van der Waals surface area contributed by atoms with Gasteiger partial charge in [-0.2, -0.15) is 0 Å². The standard InChI is InChI=1S/C11H20N2O2/c12-10-2-1-7-13(11(10)15)8-3-5-9(14)6-4-8/h8-10,14H,1-7,12H2. The number of likely N-dealkylation sites (tertiary alicyclic amines) is 1. The number of aliphatic hydroxyl groups excluding tert-OH is 1. The molecule has 1 saturated heterocycles. The summed E-state index contributed by atoms with van der Waals surface area (Å²) >= 11 is 0. The Hall–Kier alpha value is -0.610. The lowest BCUT2D eigenvalue weighted by atomic mass is 9.90. The molecule has 0 aromatic heterocycles. The molecule has 2 rings (SSSR count). The zero-order valence-corrected chi connectivity index (χ0v) is 9.06. The number of carbonyl (C=O) groups is 1. The van der Waals surface area contributed by atoms with Gasteiger partial charge >= 0.3 is 0 Å². The fraction of sp³-hybridized carbons (Fsp3) is 0.909. The Morgan fingerprint density at radius 3 is 2.53 bits per heavy atom. The van der Waals surface area contributed by atoms with Crippen molar-refractivity contribution in [2.24, 2.45) is 5.73 Å². The van der Waals surface area contributed by atoms with Gasteiger partial charge in [-0.25, -0.2) is 0 Å². The molecule has 1 aliphatic heterocycles. The van der Waals surface area contributed by atoms with E-state index in [0.717, 1.165) is 45.1 Å². The van der Waals surface area contributed by atoms with E-state index >= 15 is 0 Å². The number of carbonyl (C=O) groups excluding carboxylic acids is 1. The summed E-state index contributed by atoms with van der Waals surface area (Å²) in [6.45, 7) is 0.854. The summed E-state index contributed by atoms with van der Waals surface area (Å²) in [6, 6.07) is 0.0397. The molecule has 1 heterocycles. The first-order chi connectivity index (χ1) is 7.18. The van der Waals surface area contributed by atoms with Crippen molar-refractivity contribution >= 4 is 5.91 Å². The van der Waals surface area contributed by atoms with E-state index in [2.05, 4.69) is 0 Å². The van der Waals surface area contributed by atoms with Gasteiger partial charge in [-0.15, -0.1) is 0 Å². The van der Waals surface area contributed by atoms with Crippen LogP contribution in [-0.2, 0) is 4.79 Å². The lowest BCUT2D eigenvalue weighted by molar-refractivity contribution is -0.138. The first-order valence-corrected chi connectivity index (χ1v) is 5.92. The number of nitrogens with two attached hydrogens (primary N) is 1. The van der Waals surface area contributed by atoms with Crippen molar-refractivity contribution in [1.82, 2.24) is 4.90 Å². The minimum atomic E-state index is -0.286. The first-order valence-electron chi connectivity index (χ1n) is 5.92.